The molecule has 3 rings (SSSR count). The van der Waals surface area contributed by atoms with E-state index in [1.165, 1.54) is 68.3 Å². The number of carboxylic acids is 3. The van der Waals surface area contributed by atoms with Gasteiger partial charge in [0.1, 0.15) is 0 Å². The van der Waals surface area contributed by atoms with E-state index in [9.17, 15) is 29.7 Å². The number of rotatable bonds is 3. The second-order valence-corrected chi connectivity index (χ2v) is 6.24. The Hall–Kier alpha value is -0.906. The van der Waals surface area contributed by atoms with Gasteiger partial charge in [-0.3, -0.25) is 0 Å². The first-order valence-electron chi connectivity index (χ1n) is 6.12. The van der Waals surface area contributed by atoms with Crippen molar-refractivity contribution in [3.8, 4) is 0 Å². The van der Waals surface area contributed by atoms with Gasteiger partial charge in [0.2, 0.25) is 0 Å². The first kappa shape index (κ1) is 24.1. The maximum Gasteiger partial charge on any atom is 3.00 e. The van der Waals surface area contributed by atoms with Crippen molar-refractivity contribution in [3.05, 3.63) is 67.2 Å². The zero-order valence-electron chi connectivity index (χ0n) is 12.2. The van der Waals surface area contributed by atoms with E-state index in [1.807, 2.05) is 0 Å². The van der Waals surface area contributed by atoms with E-state index in [-0.39, 0.29) is 66.1 Å². The zero-order chi connectivity index (χ0) is 17.9. The Kier molecular flexibility index (Phi) is 12.8. The summed E-state index contributed by atoms with van der Waals surface area (Å²) in [4.78, 5) is 29.9. The molecule has 0 aliphatic heterocycles. The molecule has 3 aromatic heterocycles. The van der Waals surface area contributed by atoms with Gasteiger partial charge < -0.3 is 29.7 Å². The molecule has 0 unspecified atom stereocenters. The quantitative estimate of drug-likeness (QED) is 0.479. The van der Waals surface area contributed by atoms with Gasteiger partial charge in [0, 0.05) is 16.7 Å². The average Bonchev–Trinajstić information content (AvgIpc) is 3.29. The summed E-state index contributed by atoms with van der Waals surface area (Å²) in [5.41, 5.74) is 0.778. The van der Waals surface area contributed by atoms with Crippen LogP contribution in [0.25, 0.3) is 0 Å². The van der Waals surface area contributed by atoms with Gasteiger partial charge in [-0.1, -0.05) is 0 Å². The van der Waals surface area contributed by atoms with Crippen LogP contribution >= 0.6 is 34.0 Å². The second-order valence-electron chi connectivity index (χ2n) is 3.90. The third-order valence-corrected chi connectivity index (χ3v) is 4.32. The standard InChI is InChI=1S/3C5H4O2S.Eu/c3*6-5(7)4-1-2-8-3-4;/h3*1-3H,(H,6,7);/q;;;+3/p-3. The van der Waals surface area contributed by atoms with Gasteiger partial charge in [-0.05, 0) is 50.5 Å². The molecule has 3 aromatic rings. The fourth-order valence-corrected chi connectivity index (χ4v) is 3.02. The van der Waals surface area contributed by atoms with E-state index in [4.69, 9.17) is 0 Å². The molecule has 0 aromatic carbocycles. The van der Waals surface area contributed by atoms with Crippen LogP contribution in [0.1, 0.15) is 31.1 Å². The van der Waals surface area contributed by atoms with Crippen molar-refractivity contribution in [2.75, 3.05) is 0 Å². The maximum atomic E-state index is 9.96. The summed E-state index contributed by atoms with van der Waals surface area (Å²) in [7, 11) is 0. The first-order chi connectivity index (χ1) is 11.4. The second kappa shape index (κ2) is 13.3. The summed E-state index contributed by atoms with van der Waals surface area (Å²) in [6, 6.07) is 4.54. The molecule has 0 N–H and O–H groups in total. The molecule has 0 aliphatic carbocycles. The fraction of sp³-hybridized carbons (Fsp3) is 0. The topological polar surface area (TPSA) is 120 Å². The van der Waals surface area contributed by atoms with Crippen LogP contribution in [0, 0.1) is 49.4 Å². The molecule has 0 bridgehead atoms. The smallest absolute Gasteiger partial charge is 0.545 e. The molecule has 6 nitrogen and oxygen atoms in total. The van der Waals surface area contributed by atoms with E-state index in [2.05, 4.69) is 0 Å². The predicted octanol–water partition coefficient (Wildman–Crippen LogP) is 0.335. The van der Waals surface area contributed by atoms with Crippen LogP contribution in [0.2, 0.25) is 0 Å². The minimum absolute atomic E-state index is 0. The Morgan fingerprint density at radius 2 is 0.840 bits per heavy atom. The molecular formula is C15H9EuO6S3. The number of hydrogen-bond acceptors (Lipinski definition) is 9. The summed E-state index contributed by atoms with van der Waals surface area (Å²) in [6.07, 6.45) is 0. The van der Waals surface area contributed by atoms with Gasteiger partial charge >= 0.3 is 49.4 Å². The minimum atomic E-state index is -1.11. The monoisotopic (exact) mass is 534 g/mol. The van der Waals surface area contributed by atoms with Gasteiger partial charge in [-0.2, -0.15) is 34.0 Å². The van der Waals surface area contributed by atoms with Crippen LogP contribution in [-0.4, -0.2) is 17.9 Å². The van der Waals surface area contributed by atoms with Crippen LogP contribution in [0.3, 0.4) is 0 Å². The fourth-order valence-electron chi connectivity index (χ4n) is 1.14. The molecule has 0 amide bonds. The number of hydrogen-bond donors (Lipinski definition) is 0. The van der Waals surface area contributed by atoms with Crippen LogP contribution in [0.5, 0.6) is 0 Å². The molecule has 3 heterocycles. The molecule has 0 atom stereocenters. The van der Waals surface area contributed by atoms with E-state index in [0.29, 0.717) is 0 Å². The van der Waals surface area contributed by atoms with Crippen molar-refractivity contribution in [2.45, 2.75) is 0 Å². The van der Waals surface area contributed by atoms with Crippen molar-refractivity contribution in [1.29, 1.82) is 0 Å². The van der Waals surface area contributed by atoms with Gasteiger partial charge in [-0.25, -0.2) is 0 Å². The van der Waals surface area contributed by atoms with E-state index >= 15 is 0 Å². The summed E-state index contributed by atoms with van der Waals surface area (Å²) >= 11 is 4.04. The van der Waals surface area contributed by atoms with Crippen molar-refractivity contribution in [1.82, 2.24) is 0 Å². The van der Waals surface area contributed by atoms with E-state index in [0.717, 1.165) is 0 Å². The minimum Gasteiger partial charge on any atom is -0.545 e. The van der Waals surface area contributed by atoms with Crippen LogP contribution in [-0.2, 0) is 0 Å². The van der Waals surface area contributed by atoms with Gasteiger partial charge in [0.05, 0.1) is 17.9 Å². The molecular weight excluding hydrogens is 524 g/mol. The molecule has 0 saturated heterocycles. The van der Waals surface area contributed by atoms with Gasteiger partial charge in [0.25, 0.3) is 0 Å². The average molecular weight is 533 g/mol. The summed E-state index contributed by atoms with van der Waals surface area (Å²) < 4.78 is 0. The van der Waals surface area contributed by atoms with Crippen molar-refractivity contribution in [3.63, 3.8) is 0 Å². The maximum absolute atomic E-state index is 9.96. The summed E-state index contributed by atoms with van der Waals surface area (Å²) in [6.45, 7) is 0. The van der Waals surface area contributed by atoms with E-state index in [1.54, 1.807) is 16.1 Å². The van der Waals surface area contributed by atoms with Crippen LogP contribution < -0.4 is 15.3 Å². The van der Waals surface area contributed by atoms with Crippen LogP contribution in [0.4, 0.5) is 0 Å². The van der Waals surface area contributed by atoms with Crippen LogP contribution in [0.15, 0.2) is 50.5 Å². The SMILES string of the molecule is O=C([O-])c1ccsc1.O=C([O-])c1ccsc1.O=C([O-])c1ccsc1.[Eu+3]. The molecule has 130 valence electrons. The summed E-state index contributed by atoms with van der Waals surface area (Å²) in [5, 5.41) is 39.6. The molecule has 0 spiro atoms. The van der Waals surface area contributed by atoms with E-state index < -0.39 is 17.9 Å². The number of thiophene rings is 3. The molecule has 25 heavy (non-hydrogen) atoms. The number of carboxylic acid groups (broad SMARTS) is 3. The van der Waals surface area contributed by atoms with Crippen molar-refractivity contribution >= 4 is 51.9 Å². The van der Waals surface area contributed by atoms with Gasteiger partial charge in [0.15, 0.2) is 0 Å². The molecule has 0 aliphatic rings. The Balaban J connectivity index is 0.000000339. The largest absolute Gasteiger partial charge is 3.00 e. The number of carbonyl (C=O) groups is 3. The Morgan fingerprint density at radius 3 is 0.920 bits per heavy atom. The normalized spacial score (nSPS) is 8.64. The number of carbonyl (C=O) groups excluding carboxylic acids is 3. The zero-order valence-corrected chi connectivity index (χ0v) is 17.1. The Bertz CT molecular complexity index is 646. The third-order valence-electron chi connectivity index (χ3n) is 2.27. The Morgan fingerprint density at radius 1 is 0.600 bits per heavy atom. The molecule has 10 heteroatoms. The third kappa shape index (κ3) is 9.98. The van der Waals surface area contributed by atoms with Crippen molar-refractivity contribution < 1.29 is 79.1 Å². The van der Waals surface area contributed by atoms with Crippen molar-refractivity contribution in [2.24, 2.45) is 0 Å². The molecule has 0 fully saturated rings. The molecule has 0 radical (unpaired) electrons. The predicted molar refractivity (Wildman–Crippen MR) is 85.9 cm³/mol. The summed E-state index contributed by atoms with van der Waals surface area (Å²) in [5.74, 6) is -3.32. The first-order valence-corrected chi connectivity index (χ1v) is 8.95. The molecule has 0 saturated carbocycles. The number of aromatic carboxylic acids is 3. The van der Waals surface area contributed by atoms with Gasteiger partial charge in [-0.15, -0.1) is 0 Å². The Labute approximate surface area is 195 Å².